The second-order valence-corrected chi connectivity index (χ2v) is 7.18. The molecule has 0 saturated heterocycles. The number of aliphatic hydroxyl groups is 1. The lowest BCUT2D eigenvalue weighted by Gasteiger charge is -2.29. The van der Waals surface area contributed by atoms with Crippen LogP contribution in [-0.2, 0) is 5.41 Å². The summed E-state index contributed by atoms with van der Waals surface area (Å²) in [4.78, 5) is 12.0. The van der Waals surface area contributed by atoms with E-state index in [1.807, 2.05) is 27.7 Å². The van der Waals surface area contributed by atoms with Crippen LogP contribution in [0.4, 0.5) is 10.6 Å². The molecule has 6 nitrogen and oxygen atoms in total. The lowest BCUT2D eigenvalue weighted by atomic mass is 9.86. The molecule has 3 N–H and O–H groups in total. The molecule has 0 radical (unpaired) electrons. The van der Waals surface area contributed by atoms with Gasteiger partial charge in [0.2, 0.25) is 0 Å². The third kappa shape index (κ3) is 3.56. The van der Waals surface area contributed by atoms with Gasteiger partial charge in [0.1, 0.15) is 5.76 Å². The van der Waals surface area contributed by atoms with Crippen molar-refractivity contribution in [2.45, 2.75) is 58.4 Å². The molecule has 1 aromatic rings. The molecule has 1 aromatic heterocycles. The normalized spacial score (nSPS) is 25.9. The van der Waals surface area contributed by atoms with Crippen LogP contribution in [0.25, 0.3) is 0 Å². The lowest BCUT2D eigenvalue weighted by Crippen LogP contribution is -2.46. The van der Waals surface area contributed by atoms with Crippen LogP contribution in [0.3, 0.4) is 0 Å². The Balaban J connectivity index is 1.95. The molecule has 1 aliphatic carbocycles. The number of amides is 2. The van der Waals surface area contributed by atoms with Crippen LogP contribution in [0.5, 0.6) is 0 Å². The van der Waals surface area contributed by atoms with Gasteiger partial charge in [0.25, 0.3) is 0 Å². The maximum absolute atomic E-state index is 12.0. The highest BCUT2D eigenvalue weighted by Crippen LogP contribution is 2.37. The van der Waals surface area contributed by atoms with Crippen LogP contribution in [0, 0.1) is 5.41 Å². The topological polar surface area (TPSA) is 87.4 Å². The Morgan fingerprint density at radius 2 is 2.29 bits per heavy atom. The third-order valence-electron chi connectivity index (χ3n) is 4.24. The van der Waals surface area contributed by atoms with E-state index in [1.165, 1.54) is 0 Å². The fourth-order valence-electron chi connectivity index (χ4n) is 2.67. The molecular weight excluding hydrogens is 270 g/mol. The van der Waals surface area contributed by atoms with E-state index >= 15 is 0 Å². The van der Waals surface area contributed by atoms with Gasteiger partial charge in [-0.05, 0) is 12.8 Å². The van der Waals surface area contributed by atoms with E-state index in [4.69, 9.17) is 4.52 Å². The van der Waals surface area contributed by atoms with E-state index in [2.05, 4.69) is 15.8 Å². The van der Waals surface area contributed by atoms with E-state index in [9.17, 15) is 9.90 Å². The predicted octanol–water partition coefficient (Wildman–Crippen LogP) is 2.64. The van der Waals surface area contributed by atoms with Crippen LogP contribution >= 0.6 is 0 Å². The van der Waals surface area contributed by atoms with Gasteiger partial charge in [-0.3, -0.25) is 5.32 Å². The molecule has 0 aromatic carbocycles. The molecule has 0 bridgehead atoms. The van der Waals surface area contributed by atoms with Crippen molar-refractivity contribution in [3.05, 3.63) is 11.8 Å². The zero-order valence-corrected chi connectivity index (χ0v) is 13.2. The first kappa shape index (κ1) is 15.8. The van der Waals surface area contributed by atoms with Crippen molar-refractivity contribution in [1.82, 2.24) is 10.5 Å². The molecule has 0 aliphatic heterocycles. The van der Waals surface area contributed by atoms with Gasteiger partial charge in [0, 0.05) is 22.9 Å². The van der Waals surface area contributed by atoms with E-state index in [0.29, 0.717) is 5.82 Å². The predicted molar refractivity (Wildman–Crippen MR) is 80.2 cm³/mol. The number of nitrogens with zero attached hydrogens (tertiary/aromatic N) is 1. The minimum atomic E-state index is -0.310. The number of rotatable bonds is 3. The molecule has 2 unspecified atom stereocenters. The van der Waals surface area contributed by atoms with Crippen LogP contribution in [0.1, 0.15) is 52.7 Å². The first-order chi connectivity index (χ1) is 9.74. The van der Waals surface area contributed by atoms with Gasteiger partial charge in [0.15, 0.2) is 5.82 Å². The van der Waals surface area contributed by atoms with E-state index in [0.717, 1.165) is 25.0 Å². The minimum absolute atomic E-state index is 0.0171. The number of aromatic nitrogens is 1. The van der Waals surface area contributed by atoms with Crippen LogP contribution in [0.15, 0.2) is 10.6 Å². The molecule has 0 spiro atoms. The summed E-state index contributed by atoms with van der Waals surface area (Å²) >= 11 is 0. The van der Waals surface area contributed by atoms with E-state index < -0.39 is 0 Å². The number of carbonyl (C=O) groups excluding carboxylic acids is 1. The van der Waals surface area contributed by atoms with E-state index in [1.54, 1.807) is 6.07 Å². The average molecular weight is 295 g/mol. The molecule has 2 rings (SSSR count). The molecule has 1 fully saturated rings. The summed E-state index contributed by atoms with van der Waals surface area (Å²) < 4.78 is 5.23. The van der Waals surface area contributed by atoms with E-state index in [-0.39, 0.29) is 29.5 Å². The fourth-order valence-corrected chi connectivity index (χ4v) is 2.67. The Kier molecular flexibility index (Phi) is 4.27. The molecular formula is C15H25N3O3. The number of aliphatic hydroxyl groups excluding tert-OH is 1. The number of hydrogen-bond donors (Lipinski definition) is 3. The zero-order chi connectivity index (χ0) is 15.7. The monoisotopic (exact) mass is 295 g/mol. The minimum Gasteiger partial charge on any atom is -0.396 e. The van der Waals surface area contributed by atoms with Gasteiger partial charge < -0.3 is 14.9 Å². The number of nitrogens with one attached hydrogen (secondary N) is 2. The quantitative estimate of drug-likeness (QED) is 0.800. The SMILES string of the molecule is CC(C)(C)c1cc(NC(=O)NC2CCCC2(C)CO)no1. The van der Waals surface area contributed by atoms with Crippen molar-refractivity contribution in [2.75, 3.05) is 11.9 Å². The number of carbonyl (C=O) groups is 1. The Labute approximate surface area is 125 Å². The highest BCUT2D eigenvalue weighted by Gasteiger charge is 2.39. The highest BCUT2D eigenvalue weighted by atomic mass is 16.5. The smallest absolute Gasteiger partial charge is 0.320 e. The Morgan fingerprint density at radius 3 is 2.86 bits per heavy atom. The fraction of sp³-hybridized carbons (Fsp3) is 0.733. The number of anilines is 1. The van der Waals surface area contributed by atoms with Gasteiger partial charge in [0.05, 0.1) is 6.61 Å². The summed E-state index contributed by atoms with van der Waals surface area (Å²) in [5, 5.41) is 19.0. The summed E-state index contributed by atoms with van der Waals surface area (Å²) in [6.07, 6.45) is 2.82. The summed E-state index contributed by atoms with van der Waals surface area (Å²) in [5.41, 5.74) is -0.387. The van der Waals surface area contributed by atoms with Crippen molar-refractivity contribution in [1.29, 1.82) is 0 Å². The van der Waals surface area contributed by atoms with Crippen molar-refractivity contribution in [2.24, 2.45) is 5.41 Å². The Morgan fingerprint density at radius 1 is 1.57 bits per heavy atom. The molecule has 6 heteroatoms. The zero-order valence-electron chi connectivity index (χ0n) is 13.2. The maximum atomic E-state index is 12.0. The number of urea groups is 1. The Bertz CT molecular complexity index is 507. The van der Waals surface area contributed by atoms with Gasteiger partial charge in [-0.2, -0.15) is 0 Å². The first-order valence-corrected chi connectivity index (χ1v) is 7.40. The largest absolute Gasteiger partial charge is 0.396 e. The van der Waals surface area contributed by atoms with Crippen molar-refractivity contribution >= 4 is 11.8 Å². The van der Waals surface area contributed by atoms with Crippen LogP contribution < -0.4 is 10.6 Å². The molecule has 1 aliphatic rings. The van der Waals surface area contributed by atoms with Gasteiger partial charge >= 0.3 is 6.03 Å². The van der Waals surface area contributed by atoms with Crippen molar-refractivity contribution in [3.63, 3.8) is 0 Å². The third-order valence-corrected chi connectivity index (χ3v) is 4.24. The lowest BCUT2D eigenvalue weighted by molar-refractivity contribution is 0.122. The van der Waals surface area contributed by atoms with Crippen LogP contribution in [0.2, 0.25) is 0 Å². The standard InChI is InChI=1S/C15H25N3O3/c1-14(2,3)11-8-12(18-21-11)17-13(20)16-10-6-5-7-15(10,4)9-19/h8,10,19H,5-7,9H2,1-4H3,(H2,16,17,18,20). The van der Waals surface area contributed by atoms with Crippen molar-refractivity contribution in [3.8, 4) is 0 Å². The second kappa shape index (κ2) is 5.67. The molecule has 118 valence electrons. The summed E-state index contributed by atoms with van der Waals surface area (Å²) in [7, 11) is 0. The number of hydrogen-bond acceptors (Lipinski definition) is 4. The average Bonchev–Trinajstić information content (AvgIpc) is 2.98. The summed E-state index contributed by atoms with van der Waals surface area (Å²) in [6, 6.07) is 1.41. The van der Waals surface area contributed by atoms with Crippen molar-refractivity contribution < 1.29 is 14.4 Å². The Hall–Kier alpha value is -1.56. The summed E-state index contributed by atoms with van der Waals surface area (Å²) in [6.45, 7) is 8.13. The maximum Gasteiger partial charge on any atom is 0.320 e. The molecule has 2 amide bonds. The second-order valence-electron chi connectivity index (χ2n) is 7.18. The molecule has 1 heterocycles. The molecule has 21 heavy (non-hydrogen) atoms. The summed E-state index contributed by atoms with van der Waals surface area (Å²) in [5.74, 6) is 1.12. The first-order valence-electron chi connectivity index (χ1n) is 7.40. The van der Waals surface area contributed by atoms with Gasteiger partial charge in [-0.1, -0.05) is 39.3 Å². The molecule has 2 atom stereocenters. The van der Waals surface area contributed by atoms with Gasteiger partial charge in [-0.15, -0.1) is 0 Å². The van der Waals surface area contributed by atoms with Crippen LogP contribution in [-0.4, -0.2) is 28.9 Å². The molecule has 1 saturated carbocycles. The highest BCUT2D eigenvalue weighted by molar-refractivity contribution is 5.88. The van der Waals surface area contributed by atoms with Gasteiger partial charge in [-0.25, -0.2) is 4.79 Å².